The molecule has 1 unspecified atom stereocenters. The molecule has 1 amide bonds. The van der Waals surface area contributed by atoms with Crippen LogP contribution in [0.3, 0.4) is 0 Å². The molecule has 0 spiro atoms. The summed E-state index contributed by atoms with van der Waals surface area (Å²) in [6.45, 7) is 4.99. The van der Waals surface area contributed by atoms with Crippen molar-refractivity contribution < 1.29 is 13.9 Å². The summed E-state index contributed by atoms with van der Waals surface area (Å²) in [4.78, 5) is 16.8. The number of amides is 1. The number of amidine groups is 1. The highest BCUT2D eigenvalue weighted by atomic mass is 32.2. The second kappa shape index (κ2) is 7.08. The van der Waals surface area contributed by atoms with E-state index in [1.807, 2.05) is 20.9 Å². The SMILES string of the molecule is COc1cc(C(=O)N2CCn3c(C4SN=C(C)N4C)nnc3[C@H]2C)ccc1F. The van der Waals surface area contributed by atoms with Gasteiger partial charge in [-0.25, -0.2) is 8.79 Å². The van der Waals surface area contributed by atoms with E-state index >= 15 is 0 Å². The molecule has 148 valence electrons. The van der Waals surface area contributed by atoms with Gasteiger partial charge in [0, 0.05) is 37.6 Å². The lowest BCUT2D eigenvalue weighted by molar-refractivity contribution is 0.0635. The molecule has 0 radical (unpaired) electrons. The highest BCUT2D eigenvalue weighted by Gasteiger charge is 2.36. The monoisotopic (exact) mass is 404 g/mol. The largest absolute Gasteiger partial charge is 0.494 e. The number of nitrogens with zero attached hydrogens (tertiary/aromatic N) is 6. The number of hydrogen-bond acceptors (Lipinski definition) is 7. The first kappa shape index (κ1) is 18.7. The molecule has 2 aliphatic rings. The first-order valence-electron chi connectivity index (χ1n) is 8.93. The van der Waals surface area contributed by atoms with Crippen molar-refractivity contribution in [3.05, 3.63) is 41.2 Å². The molecule has 2 aromatic rings. The van der Waals surface area contributed by atoms with Gasteiger partial charge in [0.25, 0.3) is 5.91 Å². The van der Waals surface area contributed by atoms with Crippen LogP contribution in [0.1, 0.15) is 47.3 Å². The predicted octanol–water partition coefficient (Wildman–Crippen LogP) is 2.65. The zero-order valence-corrected chi connectivity index (χ0v) is 16.9. The molecule has 1 aromatic heterocycles. The van der Waals surface area contributed by atoms with Crippen LogP contribution in [0.4, 0.5) is 4.39 Å². The Balaban J connectivity index is 1.59. The van der Waals surface area contributed by atoms with Gasteiger partial charge in [-0.1, -0.05) is 0 Å². The van der Waals surface area contributed by atoms with E-state index in [1.165, 1.54) is 37.3 Å². The Labute approximate surface area is 166 Å². The van der Waals surface area contributed by atoms with Gasteiger partial charge in [0.2, 0.25) is 0 Å². The van der Waals surface area contributed by atoms with Crippen LogP contribution in [0, 0.1) is 5.82 Å². The van der Waals surface area contributed by atoms with Gasteiger partial charge in [0.05, 0.1) is 13.2 Å². The van der Waals surface area contributed by atoms with Crippen molar-refractivity contribution in [1.29, 1.82) is 0 Å². The molecule has 0 fully saturated rings. The molecule has 0 N–H and O–H groups in total. The van der Waals surface area contributed by atoms with Gasteiger partial charge in [-0.05, 0) is 32.0 Å². The minimum Gasteiger partial charge on any atom is -0.494 e. The Morgan fingerprint density at radius 1 is 1.29 bits per heavy atom. The van der Waals surface area contributed by atoms with Crippen LogP contribution in [0.5, 0.6) is 5.75 Å². The fraction of sp³-hybridized carbons (Fsp3) is 0.444. The van der Waals surface area contributed by atoms with E-state index in [0.29, 0.717) is 18.7 Å². The number of methoxy groups -OCH3 is 1. The highest BCUT2D eigenvalue weighted by Crippen LogP contribution is 2.39. The average molecular weight is 404 g/mol. The first-order valence-corrected chi connectivity index (χ1v) is 9.76. The van der Waals surface area contributed by atoms with Crippen molar-refractivity contribution in [1.82, 2.24) is 24.6 Å². The molecule has 0 saturated heterocycles. The summed E-state index contributed by atoms with van der Waals surface area (Å²) in [5.41, 5.74) is 0.383. The molecule has 1 aromatic carbocycles. The normalized spacial score (nSPS) is 21.5. The predicted molar refractivity (Wildman–Crippen MR) is 104 cm³/mol. The number of benzene rings is 1. The second-order valence-corrected chi connectivity index (χ2v) is 7.64. The summed E-state index contributed by atoms with van der Waals surface area (Å²) < 4.78 is 25.1. The van der Waals surface area contributed by atoms with Gasteiger partial charge in [0.1, 0.15) is 5.84 Å². The molecule has 2 aliphatic heterocycles. The van der Waals surface area contributed by atoms with Crippen LogP contribution in [0.25, 0.3) is 0 Å². The van der Waals surface area contributed by atoms with Crippen LogP contribution in [0.2, 0.25) is 0 Å². The second-order valence-electron chi connectivity index (χ2n) is 6.80. The van der Waals surface area contributed by atoms with Crippen molar-refractivity contribution >= 4 is 23.7 Å². The van der Waals surface area contributed by atoms with E-state index in [4.69, 9.17) is 4.74 Å². The molecule has 0 bridgehead atoms. The quantitative estimate of drug-likeness (QED) is 0.732. The molecular weight excluding hydrogens is 383 g/mol. The van der Waals surface area contributed by atoms with Crippen LogP contribution in [0.15, 0.2) is 22.6 Å². The van der Waals surface area contributed by atoms with Crippen LogP contribution >= 0.6 is 11.9 Å². The molecule has 4 rings (SSSR count). The minimum absolute atomic E-state index is 0.0166. The van der Waals surface area contributed by atoms with Gasteiger partial charge < -0.3 is 19.1 Å². The van der Waals surface area contributed by atoms with Crippen molar-refractivity contribution in [3.8, 4) is 5.75 Å². The van der Waals surface area contributed by atoms with Crippen LogP contribution in [-0.4, -0.2) is 57.0 Å². The fourth-order valence-electron chi connectivity index (χ4n) is 3.48. The maximum atomic E-state index is 13.7. The number of carbonyl (C=O) groups is 1. The fourth-order valence-corrected chi connectivity index (χ4v) is 4.42. The maximum absolute atomic E-state index is 13.7. The number of hydrogen-bond donors (Lipinski definition) is 0. The molecule has 2 atom stereocenters. The zero-order valence-electron chi connectivity index (χ0n) is 16.1. The van der Waals surface area contributed by atoms with Crippen LogP contribution < -0.4 is 4.74 Å². The average Bonchev–Trinajstić information content (AvgIpc) is 3.26. The summed E-state index contributed by atoms with van der Waals surface area (Å²) in [5, 5.41) is 8.73. The van der Waals surface area contributed by atoms with Crippen molar-refractivity contribution in [2.24, 2.45) is 4.40 Å². The van der Waals surface area contributed by atoms with E-state index < -0.39 is 5.82 Å². The van der Waals surface area contributed by atoms with E-state index in [9.17, 15) is 9.18 Å². The standard InChI is InChI=1S/C18H21FN6O2S/c1-10-15-20-21-16(18-23(3)11(2)22-28-18)25(15)8-7-24(10)17(26)12-5-6-13(19)14(9-12)27-4/h5-6,9-10,18H,7-8H2,1-4H3/t10-,18?/m1/s1. The van der Waals surface area contributed by atoms with Gasteiger partial charge >= 0.3 is 0 Å². The Morgan fingerprint density at radius 2 is 2.04 bits per heavy atom. The lowest BCUT2D eigenvalue weighted by atomic mass is 10.1. The Hall–Kier alpha value is -2.62. The third-order valence-corrected chi connectivity index (χ3v) is 6.34. The number of aromatic nitrogens is 3. The summed E-state index contributed by atoms with van der Waals surface area (Å²) >= 11 is 1.46. The van der Waals surface area contributed by atoms with Crippen molar-refractivity contribution in [2.75, 3.05) is 20.7 Å². The molecule has 0 saturated carbocycles. The third-order valence-electron chi connectivity index (χ3n) is 5.24. The molecular formula is C18H21FN6O2S. The summed E-state index contributed by atoms with van der Waals surface area (Å²) in [6.07, 6.45) is 0. The molecule has 3 heterocycles. The third kappa shape index (κ3) is 2.92. The Kier molecular flexibility index (Phi) is 4.74. The number of fused-ring (bicyclic) bond motifs is 1. The van der Waals surface area contributed by atoms with E-state index in [1.54, 1.807) is 4.90 Å². The van der Waals surface area contributed by atoms with Crippen molar-refractivity contribution in [3.63, 3.8) is 0 Å². The van der Waals surface area contributed by atoms with Crippen LogP contribution in [-0.2, 0) is 6.54 Å². The summed E-state index contributed by atoms with van der Waals surface area (Å²) in [5.74, 6) is 1.89. The van der Waals surface area contributed by atoms with Crippen molar-refractivity contribution in [2.45, 2.75) is 31.8 Å². The summed E-state index contributed by atoms with van der Waals surface area (Å²) in [6, 6.07) is 3.90. The highest BCUT2D eigenvalue weighted by molar-refractivity contribution is 7.98. The topological polar surface area (TPSA) is 75.8 Å². The van der Waals surface area contributed by atoms with Gasteiger partial charge in [0.15, 0.2) is 28.6 Å². The van der Waals surface area contributed by atoms with Gasteiger partial charge in [-0.15, -0.1) is 10.2 Å². The minimum atomic E-state index is -0.495. The van der Waals surface area contributed by atoms with Gasteiger partial charge in [-0.2, -0.15) is 0 Å². The Bertz CT molecular complexity index is 962. The zero-order chi connectivity index (χ0) is 20.0. The van der Waals surface area contributed by atoms with Gasteiger partial charge in [-0.3, -0.25) is 4.79 Å². The van der Waals surface area contributed by atoms with E-state index in [-0.39, 0.29) is 23.1 Å². The van der Waals surface area contributed by atoms with E-state index in [2.05, 4.69) is 24.1 Å². The number of ether oxygens (including phenoxy) is 1. The first-order chi connectivity index (χ1) is 13.4. The molecule has 8 nitrogen and oxygen atoms in total. The summed E-state index contributed by atoms with van der Waals surface area (Å²) in [7, 11) is 3.36. The number of rotatable bonds is 3. The van der Waals surface area contributed by atoms with E-state index in [0.717, 1.165) is 17.5 Å². The molecule has 0 aliphatic carbocycles. The maximum Gasteiger partial charge on any atom is 0.254 e. The number of carbonyl (C=O) groups excluding carboxylic acids is 1. The Morgan fingerprint density at radius 3 is 2.71 bits per heavy atom. The molecule has 10 heteroatoms. The number of halogens is 1. The molecule has 28 heavy (non-hydrogen) atoms. The lowest BCUT2D eigenvalue weighted by Gasteiger charge is -2.34. The smallest absolute Gasteiger partial charge is 0.254 e. The lowest BCUT2D eigenvalue weighted by Crippen LogP contribution is -2.42.